The highest BCUT2D eigenvalue weighted by atomic mass is 15.2. The molecule has 1 atom stereocenters. The van der Waals surface area contributed by atoms with Crippen molar-refractivity contribution in [2.24, 2.45) is 0 Å². The molecule has 12 heavy (non-hydrogen) atoms. The van der Waals surface area contributed by atoms with Gasteiger partial charge in [0.05, 0.1) is 0 Å². The summed E-state index contributed by atoms with van der Waals surface area (Å²) in [6.07, 6.45) is 2.72. The molecular formula is C10H22N2. The smallest absolute Gasteiger partial charge is 0.0197 e. The Morgan fingerprint density at radius 2 is 2.25 bits per heavy atom. The number of nitrogens with zero attached hydrogens (tertiary/aromatic N) is 1. The van der Waals surface area contributed by atoms with Crippen LogP contribution in [0.2, 0.25) is 0 Å². The van der Waals surface area contributed by atoms with E-state index in [0.717, 1.165) is 6.04 Å². The van der Waals surface area contributed by atoms with Crippen LogP contribution in [0.3, 0.4) is 0 Å². The van der Waals surface area contributed by atoms with Crippen LogP contribution in [-0.4, -0.2) is 36.6 Å². The highest BCUT2D eigenvalue weighted by Gasteiger charge is 2.18. The molecule has 0 spiro atoms. The van der Waals surface area contributed by atoms with Gasteiger partial charge < -0.3 is 10.2 Å². The summed E-state index contributed by atoms with van der Waals surface area (Å²) >= 11 is 0. The summed E-state index contributed by atoms with van der Waals surface area (Å²) in [5.41, 5.74) is 0. The molecule has 0 saturated carbocycles. The first kappa shape index (κ1) is 10.0. The van der Waals surface area contributed by atoms with E-state index in [2.05, 4.69) is 31.0 Å². The molecule has 0 aromatic carbocycles. The molecule has 72 valence electrons. The molecule has 1 rings (SSSR count). The van der Waals surface area contributed by atoms with E-state index in [9.17, 15) is 0 Å². The molecule has 1 heterocycles. The number of likely N-dealkylation sites (N-methyl/N-ethyl adjacent to an activating group) is 1. The van der Waals surface area contributed by atoms with Crippen molar-refractivity contribution in [3.8, 4) is 0 Å². The molecule has 0 aliphatic carbocycles. The lowest BCUT2D eigenvalue weighted by atomic mass is 10.1. The number of rotatable bonds is 3. The van der Waals surface area contributed by atoms with Gasteiger partial charge in [-0.3, -0.25) is 0 Å². The Bertz CT molecular complexity index is 123. The van der Waals surface area contributed by atoms with E-state index in [1.165, 1.54) is 32.5 Å². The van der Waals surface area contributed by atoms with Gasteiger partial charge in [0.2, 0.25) is 0 Å². The summed E-state index contributed by atoms with van der Waals surface area (Å²) in [5.74, 6) is 0. The SMILES string of the molecule is CCN1CCCC(NC(C)C)C1. The quantitative estimate of drug-likeness (QED) is 0.690. The molecule has 2 nitrogen and oxygen atoms in total. The summed E-state index contributed by atoms with van der Waals surface area (Å²) in [4.78, 5) is 2.53. The van der Waals surface area contributed by atoms with Crippen LogP contribution in [0.25, 0.3) is 0 Å². The van der Waals surface area contributed by atoms with E-state index in [1.807, 2.05) is 0 Å². The van der Waals surface area contributed by atoms with Crippen LogP contribution in [0.1, 0.15) is 33.6 Å². The van der Waals surface area contributed by atoms with Gasteiger partial charge in [-0.05, 0) is 25.9 Å². The second kappa shape index (κ2) is 4.83. The van der Waals surface area contributed by atoms with Gasteiger partial charge in [-0.25, -0.2) is 0 Å². The Labute approximate surface area is 76.3 Å². The van der Waals surface area contributed by atoms with E-state index >= 15 is 0 Å². The number of likely N-dealkylation sites (tertiary alicyclic amines) is 1. The van der Waals surface area contributed by atoms with Crippen molar-refractivity contribution in [1.29, 1.82) is 0 Å². The van der Waals surface area contributed by atoms with Gasteiger partial charge in [-0.2, -0.15) is 0 Å². The van der Waals surface area contributed by atoms with Crippen LogP contribution in [0, 0.1) is 0 Å². The zero-order valence-corrected chi connectivity index (χ0v) is 8.64. The van der Waals surface area contributed by atoms with Gasteiger partial charge in [-0.1, -0.05) is 20.8 Å². The van der Waals surface area contributed by atoms with E-state index in [4.69, 9.17) is 0 Å². The predicted octanol–water partition coefficient (Wildman–Crippen LogP) is 1.47. The highest BCUT2D eigenvalue weighted by Crippen LogP contribution is 2.09. The monoisotopic (exact) mass is 170 g/mol. The molecule has 0 aromatic heterocycles. The normalized spacial score (nSPS) is 26.5. The van der Waals surface area contributed by atoms with Crippen LogP contribution >= 0.6 is 0 Å². The Balaban J connectivity index is 2.25. The largest absolute Gasteiger partial charge is 0.311 e. The summed E-state index contributed by atoms with van der Waals surface area (Å²) in [7, 11) is 0. The molecule has 0 radical (unpaired) electrons. The fourth-order valence-corrected chi connectivity index (χ4v) is 1.95. The summed E-state index contributed by atoms with van der Waals surface area (Å²) in [5, 5.41) is 3.60. The maximum absolute atomic E-state index is 3.60. The maximum atomic E-state index is 3.60. The van der Waals surface area contributed by atoms with Crippen molar-refractivity contribution in [2.75, 3.05) is 19.6 Å². The minimum atomic E-state index is 0.631. The summed E-state index contributed by atoms with van der Waals surface area (Å²) in [6, 6.07) is 1.37. The minimum Gasteiger partial charge on any atom is -0.311 e. The summed E-state index contributed by atoms with van der Waals surface area (Å²) < 4.78 is 0. The lowest BCUT2D eigenvalue weighted by Gasteiger charge is -2.33. The lowest BCUT2D eigenvalue weighted by Crippen LogP contribution is -2.47. The second-order valence-corrected chi connectivity index (χ2v) is 4.05. The first-order valence-corrected chi connectivity index (χ1v) is 5.20. The van der Waals surface area contributed by atoms with Crippen molar-refractivity contribution in [2.45, 2.75) is 45.7 Å². The molecule has 1 aliphatic rings. The molecule has 0 amide bonds. The Morgan fingerprint density at radius 3 is 2.83 bits per heavy atom. The average Bonchev–Trinajstić information content (AvgIpc) is 2.03. The number of hydrogen-bond acceptors (Lipinski definition) is 2. The minimum absolute atomic E-state index is 0.631. The van der Waals surface area contributed by atoms with Crippen LogP contribution in [0.15, 0.2) is 0 Å². The zero-order chi connectivity index (χ0) is 8.97. The fraction of sp³-hybridized carbons (Fsp3) is 1.00. The van der Waals surface area contributed by atoms with Crippen molar-refractivity contribution >= 4 is 0 Å². The molecule has 0 aromatic rings. The molecule has 1 fully saturated rings. The van der Waals surface area contributed by atoms with Gasteiger partial charge in [0, 0.05) is 18.6 Å². The number of hydrogen-bond donors (Lipinski definition) is 1. The fourth-order valence-electron chi connectivity index (χ4n) is 1.95. The van der Waals surface area contributed by atoms with Gasteiger partial charge in [0.25, 0.3) is 0 Å². The Hall–Kier alpha value is -0.0800. The third-order valence-electron chi connectivity index (χ3n) is 2.52. The standard InChI is InChI=1S/C10H22N2/c1-4-12-7-5-6-10(8-12)11-9(2)3/h9-11H,4-8H2,1-3H3. The molecular weight excluding hydrogens is 148 g/mol. The molecule has 1 N–H and O–H groups in total. The predicted molar refractivity (Wildman–Crippen MR) is 53.4 cm³/mol. The van der Waals surface area contributed by atoms with Crippen molar-refractivity contribution in [3.63, 3.8) is 0 Å². The molecule has 1 aliphatic heterocycles. The van der Waals surface area contributed by atoms with Gasteiger partial charge >= 0.3 is 0 Å². The van der Waals surface area contributed by atoms with Crippen molar-refractivity contribution in [3.05, 3.63) is 0 Å². The van der Waals surface area contributed by atoms with Crippen LogP contribution in [0.5, 0.6) is 0 Å². The Kier molecular flexibility index (Phi) is 4.02. The van der Waals surface area contributed by atoms with Gasteiger partial charge in [-0.15, -0.1) is 0 Å². The average molecular weight is 170 g/mol. The molecule has 0 bridgehead atoms. The maximum Gasteiger partial charge on any atom is 0.0197 e. The highest BCUT2D eigenvalue weighted by molar-refractivity contribution is 4.78. The van der Waals surface area contributed by atoms with Crippen LogP contribution in [0.4, 0.5) is 0 Å². The third-order valence-corrected chi connectivity index (χ3v) is 2.52. The van der Waals surface area contributed by atoms with E-state index in [0.29, 0.717) is 6.04 Å². The Morgan fingerprint density at radius 1 is 1.50 bits per heavy atom. The van der Waals surface area contributed by atoms with Gasteiger partial charge in [0.1, 0.15) is 0 Å². The van der Waals surface area contributed by atoms with Gasteiger partial charge in [0.15, 0.2) is 0 Å². The second-order valence-electron chi connectivity index (χ2n) is 4.05. The molecule has 1 saturated heterocycles. The third kappa shape index (κ3) is 3.11. The number of nitrogens with one attached hydrogen (secondary N) is 1. The molecule has 2 heteroatoms. The van der Waals surface area contributed by atoms with Crippen LogP contribution in [-0.2, 0) is 0 Å². The molecule has 1 unspecified atom stereocenters. The van der Waals surface area contributed by atoms with Crippen molar-refractivity contribution < 1.29 is 0 Å². The van der Waals surface area contributed by atoms with E-state index in [-0.39, 0.29) is 0 Å². The first-order chi connectivity index (χ1) is 5.72. The van der Waals surface area contributed by atoms with E-state index in [1.54, 1.807) is 0 Å². The number of piperidine rings is 1. The van der Waals surface area contributed by atoms with Crippen molar-refractivity contribution in [1.82, 2.24) is 10.2 Å². The zero-order valence-electron chi connectivity index (χ0n) is 8.64. The topological polar surface area (TPSA) is 15.3 Å². The summed E-state index contributed by atoms with van der Waals surface area (Å²) in [6.45, 7) is 10.4. The lowest BCUT2D eigenvalue weighted by molar-refractivity contribution is 0.193. The van der Waals surface area contributed by atoms with Crippen LogP contribution < -0.4 is 5.32 Å². The first-order valence-electron chi connectivity index (χ1n) is 5.20. The van der Waals surface area contributed by atoms with E-state index < -0.39 is 0 Å².